The number of benzene rings is 2. The predicted octanol–water partition coefficient (Wildman–Crippen LogP) is 2.93. The molecule has 0 radical (unpaired) electrons. The van der Waals surface area contributed by atoms with Crippen LogP contribution in [-0.2, 0) is 13.0 Å². The van der Waals surface area contributed by atoms with Crippen molar-refractivity contribution < 1.29 is 9.18 Å². The number of hydrogen-bond donors (Lipinski definition) is 1. The topological polar surface area (TPSA) is 67.8 Å². The lowest BCUT2D eigenvalue weighted by Crippen LogP contribution is -2.19. The lowest BCUT2D eigenvalue weighted by atomic mass is 10.1. The van der Waals surface area contributed by atoms with Gasteiger partial charge >= 0.3 is 5.69 Å². The van der Waals surface area contributed by atoms with E-state index < -0.39 is 5.82 Å². The molecule has 5 nitrogen and oxygen atoms in total. The zero-order valence-corrected chi connectivity index (χ0v) is 14.1. The van der Waals surface area contributed by atoms with E-state index in [9.17, 15) is 14.0 Å². The number of Topliss-reactive ketones (excluding diaryl/α,β-unsaturated/α-hetero) is 1. The zero-order valence-electron chi connectivity index (χ0n) is 13.3. The van der Waals surface area contributed by atoms with Gasteiger partial charge in [-0.25, -0.2) is 14.3 Å². The van der Waals surface area contributed by atoms with Gasteiger partial charge in [-0.05, 0) is 24.1 Å². The van der Waals surface area contributed by atoms with Crippen LogP contribution >= 0.6 is 11.8 Å². The molecule has 1 aromatic heterocycles. The first-order valence-electron chi connectivity index (χ1n) is 7.74. The molecular weight excluding hydrogens is 341 g/mol. The van der Waals surface area contributed by atoms with E-state index in [0.29, 0.717) is 23.7 Å². The lowest BCUT2D eigenvalue weighted by Gasteiger charge is -2.05. The van der Waals surface area contributed by atoms with E-state index in [4.69, 9.17) is 0 Å². The third-order valence-electron chi connectivity index (χ3n) is 3.67. The fraction of sp³-hybridized carbons (Fsp3) is 0.167. The summed E-state index contributed by atoms with van der Waals surface area (Å²) in [4.78, 5) is 24.1. The minimum Gasteiger partial charge on any atom is -0.293 e. The molecule has 1 N–H and O–H groups in total. The van der Waals surface area contributed by atoms with E-state index in [2.05, 4.69) is 10.2 Å². The summed E-state index contributed by atoms with van der Waals surface area (Å²) >= 11 is 1.16. The SMILES string of the molecule is O=C(CSc1n[nH]c(=O)n1CCc1ccccc1)c1cccc(F)c1. The average molecular weight is 357 g/mol. The van der Waals surface area contributed by atoms with Crippen molar-refractivity contribution in [3.63, 3.8) is 0 Å². The van der Waals surface area contributed by atoms with E-state index in [-0.39, 0.29) is 17.2 Å². The largest absolute Gasteiger partial charge is 0.343 e. The van der Waals surface area contributed by atoms with Gasteiger partial charge in [0.15, 0.2) is 10.9 Å². The molecule has 0 atom stereocenters. The summed E-state index contributed by atoms with van der Waals surface area (Å²) in [5.41, 5.74) is 1.11. The summed E-state index contributed by atoms with van der Waals surface area (Å²) in [6, 6.07) is 15.4. The third kappa shape index (κ3) is 4.45. The number of H-pyrrole nitrogens is 1. The first kappa shape index (κ1) is 17.2. The predicted molar refractivity (Wildman–Crippen MR) is 94.4 cm³/mol. The van der Waals surface area contributed by atoms with Crippen molar-refractivity contribution in [2.24, 2.45) is 0 Å². The van der Waals surface area contributed by atoms with Crippen LogP contribution in [-0.4, -0.2) is 26.3 Å². The number of carbonyl (C=O) groups is 1. The van der Waals surface area contributed by atoms with Crippen LogP contribution in [0.25, 0.3) is 0 Å². The first-order valence-corrected chi connectivity index (χ1v) is 8.73. The number of nitrogens with zero attached hydrogens (tertiary/aromatic N) is 2. The molecule has 0 aliphatic carbocycles. The molecule has 3 rings (SSSR count). The standard InChI is InChI=1S/C18H16FN3O2S/c19-15-8-4-7-14(11-15)16(23)12-25-18-21-20-17(24)22(18)10-9-13-5-2-1-3-6-13/h1-8,11H,9-10,12H2,(H,20,24). The summed E-state index contributed by atoms with van der Waals surface area (Å²) in [7, 11) is 0. The van der Waals surface area contributed by atoms with Gasteiger partial charge in [-0.3, -0.25) is 9.36 Å². The molecule has 0 bridgehead atoms. The van der Waals surface area contributed by atoms with Crippen molar-refractivity contribution in [3.8, 4) is 0 Å². The molecule has 1 heterocycles. The van der Waals surface area contributed by atoms with Gasteiger partial charge in [0.1, 0.15) is 5.82 Å². The van der Waals surface area contributed by atoms with E-state index in [1.165, 1.54) is 22.8 Å². The second kappa shape index (κ2) is 7.94. The molecule has 0 unspecified atom stereocenters. The van der Waals surface area contributed by atoms with Crippen molar-refractivity contribution in [2.75, 3.05) is 5.75 Å². The minimum absolute atomic E-state index is 0.0824. The molecule has 0 amide bonds. The Kier molecular flexibility index (Phi) is 5.45. The number of aromatic nitrogens is 3. The fourth-order valence-electron chi connectivity index (χ4n) is 2.37. The second-order valence-corrected chi connectivity index (χ2v) is 6.36. The van der Waals surface area contributed by atoms with E-state index in [1.807, 2.05) is 30.3 Å². The fourth-order valence-corrected chi connectivity index (χ4v) is 3.24. The summed E-state index contributed by atoms with van der Waals surface area (Å²) in [6.45, 7) is 0.468. The van der Waals surface area contributed by atoms with E-state index in [1.54, 1.807) is 6.07 Å². The monoisotopic (exact) mass is 357 g/mol. The highest BCUT2D eigenvalue weighted by atomic mass is 32.2. The molecule has 0 aliphatic heterocycles. The summed E-state index contributed by atoms with van der Waals surface area (Å²) in [5, 5.41) is 6.83. The molecule has 2 aromatic carbocycles. The number of hydrogen-bond acceptors (Lipinski definition) is 4. The normalized spacial score (nSPS) is 10.8. The first-order chi connectivity index (χ1) is 12.1. The number of aromatic amines is 1. The van der Waals surface area contributed by atoms with Crippen molar-refractivity contribution >= 4 is 17.5 Å². The second-order valence-electron chi connectivity index (χ2n) is 5.42. The summed E-state index contributed by atoms with van der Waals surface area (Å²) in [6.07, 6.45) is 0.686. The maximum Gasteiger partial charge on any atom is 0.343 e. The van der Waals surface area contributed by atoms with Gasteiger partial charge in [-0.15, -0.1) is 5.10 Å². The molecule has 128 valence electrons. The van der Waals surface area contributed by atoms with E-state index in [0.717, 1.165) is 17.3 Å². The Morgan fingerprint density at radius 3 is 2.72 bits per heavy atom. The van der Waals surface area contributed by atoms with E-state index >= 15 is 0 Å². The Bertz CT molecular complexity index is 921. The van der Waals surface area contributed by atoms with Gasteiger partial charge in [0.25, 0.3) is 0 Å². The van der Waals surface area contributed by atoms with Crippen LogP contribution in [0, 0.1) is 5.82 Å². The van der Waals surface area contributed by atoms with Crippen LogP contribution in [0.15, 0.2) is 64.5 Å². The number of nitrogens with one attached hydrogen (secondary N) is 1. The summed E-state index contributed by atoms with van der Waals surface area (Å²) in [5.74, 6) is -0.580. The number of halogens is 1. The molecule has 0 spiro atoms. The van der Waals surface area contributed by atoms with Crippen LogP contribution in [0.2, 0.25) is 0 Å². The van der Waals surface area contributed by atoms with Crippen molar-refractivity contribution in [2.45, 2.75) is 18.1 Å². The summed E-state index contributed by atoms with van der Waals surface area (Å²) < 4.78 is 14.7. The quantitative estimate of drug-likeness (QED) is 0.521. The number of aryl methyl sites for hydroxylation is 1. The van der Waals surface area contributed by atoms with Gasteiger partial charge in [0.2, 0.25) is 0 Å². The Morgan fingerprint density at radius 1 is 1.16 bits per heavy atom. The molecule has 7 heteroatoms. The van der Waals surface area contributed by atoms with Crippen molar-refractivity contribution in [3.05, 3.63) is 82.0 Å². The highest BCUT2D eigenvalue weighted by Crippen LogP contribution is 2.16. The van der Waals surface area contributed by atoms with Gasteiger partial charge in [-0.1, -0.05) is 54.2 Å². The highest BCUT2D eigenvalue weighted by Gasteiger charge is 2.13. The smallest absolute Gasteiger partial charge is 0.293 e. The number of thioether (sulfide) groups is 1. The molecule has 0 saturated heterocycles. The number of ketones is 1. The van der Waals surface area contributed by atoms with Gasteiger partial charge in [0.05, 0.1) is 5.75 Å². The van der Waals surface area contributed by atoms with Crippen LogP contribution < -0.4 is 5.69 Å². The molecular formula is C18H16FN3O2S. The van der Waals surface area contributed by atoms with Gasteiger partial charge < -0.3 is 0 Å². The Labute approximate surface area is 147 Å². The Morgan fingerprint density at radius 2 is 1.96 bits per heavy atom. The Balaban J connectivity index is 1.65. The van der Waals surface area contributed by atoms with Crippen LogP contribution in [0.4, 0.5) is 4.39 Å². The molecule has 25 heavy (non-hydrogen) atoms. The van der Waals surface area contributed by atoms with Crippen LogP contribution in [0.1, 0.15) is 15.9 Å². The number of rotatable bonds is 7. The Hall–Kier alpha value is -2.67. The van der Waals surface area contributed by atoms with Crippen molar-refractivity contribution in [1.29, 1.82) is 0 Å². The van der Waals surface area contributed by atoms with Gasteiger partial charge in [0, 0.05) is 12.1 Å². The average Bonchev–Trinajstić information content (AvgIpc) is 2.98. The maximum absolute atomic E-state index is 13.2. The van der Waals surface area contributed by atoms with Crippen LogP contribution in [0.5, 0.6) is 0 Å². The molecule has 3 aromatic rings. The minimum atomic E-state index is -0.449. The highest BCUT2D eigenvalue weighted by molar-refractivity contribution is 7.99. The molecule has 0 aliphatic rings. The number of carbonyl (C=O) groups excluding carboxylic acids is 1. The maximum atomic E-state index is 13.2. The van der Waals surface area contributed by atoms with Crippen LogP contribution in [0.3, 0.4) is 0 Å². The van der Waals surface area contributed by atoms with Crippen molar-refractivity contribution in [1.82, 2.24) is 14.8 Å². The lowest BCUT2D eigenvalue weighted by molar-refractivity contribution is 0.102. The molecule has 0 fully saturated rings. The van der Waals surface area contributed by atoms with Gasteiger partial charge in [-0.2, -0.15) is 0 Å². The molecule has 0 saturated carbocycles. The zero-order chi connectivity index (χ0) is 17.6. The third-order valence-corrected chi connectivity index (χ3v) is 4.65.